The average Bonchev–Trinajstić information content (AvgIpc) is 2.40. The van der Waals surface area contributed by atoms with Crippen LogP contribution in [-0.4, -0.2) is 12.0 Å². The number of nitro benzene ring substituents is 1. The van der Waals surface area contributed by atoms with Crippen LogP contribution in [0.2, 0.25) is 0 Å². The van der Waals surface area contributed by atoms with E-state index >= 15 is 0 Å². The smallest absolute Gasteiger partial charge is 0.273 e. The molecule has 0 unspecified atom stereocenters. The lowest BCUT2D eigenvalue weighted by Crippen LogP contribution is -1.97. The van der Waals surface area contributed by atoms with Gasteiger partial charge in [0.05, 0.1) is 12.0 Å². The van der Waals surface area contributed by atoms with E-state index in [0.717, 1.165) is 0 Å². The molecule has 0 amide bonds. The Balaban J connectivity index is 2.32. The Hall–Kier alpha value is -2.83. The number of nitrogens with zero attached hydrogens (tertiary/aromatic N) is 1. The van der Waals surface area contributed by atoms with Crippen LogP contribution in [0.4, 0.5) is 27.1 Å². The Morgan fingerprint density at radius 2 is 2.00 bits per heavy atom. The van der Waals surface area contributed by atoms with E-state index in [2.05, 4.69) is 5.32 Å². The van der Waals surface area contributed by atoms with Crippen LogP contribution < -0.4 is 15.8 Å². The third-order valence-corrected chi connectivity index (χ3v) is 2.59. The van der Waals surface area contributed by atoms with Crippen LogP contribution >= 0.6 is 0 Å². The number of nitrogens with two attached hydrogens (primary N) is 1. The molecule has 6 nitrogen and oxygen atoms in total. The molecule has 104 valence electrons. The molecular formula is C13H12FN3O3. The number of rotatable bonds is 4. The second-order valence-corrected chi connectivity index (χ2v) is 4.04. The summed E-state index contributed by atoms with van der Waals surface area (Å²) >= 11 is 0. The van der Waals surface area contributed by atoms with Gasteiger partial charge in [-0.1, -0.05) is 0 Å². The van der Waals surface area contributed by atoms with E-state index in [0.29, 0.717) is 11.4 Å². The molecule has 0 aromatic heterocycles. The van der Waals surface area contributed by atoms with E-state index in [-0.39, 0.29) is 17.1 Å². The van der Waals surface area contributed by atoms with Crippen molar-refractivity contribution in [3.05, 3.63) is 52.3 Å². The van der Waals surface area contributed by atoms with Crippen molar-refractivity contribution in [3.63, 3.8) is 0 Å². The molecule has 0 heterocycles. The molecule has 7 heteroatoms. The van der Waals surface area contributed by atoms with Crippen LogP contribution in [0.5, 0.6) is 5.75 Å². The molecule has 0 aliphatic carbocycles. The van der Waals surface area contributed by atoms with Crippen LogP contribution in [0.15, 0.2) is 36.4 Å². The molecule has 0 saturated carbocycles. The fourth-order valence-corrected chi connectivity index (χ4v) is 1.72. The van der Waals surface area contributed by atoms with Gasteiger partial charge in [0.15, 0.2) is 11.6 Å². The Kier molecular flexibility index (Phi) is 3.69. The molecule has 0 bridgehead atoms. The molecule has 0 fully saturated rings. The van der Waals surface area contributed by atoms with Crippen LogP contribution in [-0.2, 0) is 0 Å². The van der Waals surface area contributed by atoms with E-state index in [1.165, 1.54) is 37.4 Å². The zero-order chi connectivity index (χ0) is 14.7. The Morgan fingerprint density at radius 1 is 1.25 bits per heavy atom. The summed E-state index contributed by atoms with van der Waals surface area (Å²) in [6, 6.07) is 8.32. The maximum absolute atomic E-state index is 13.3. The third-order valence-electron chi connectivity index (χ3n) is 2.59. The van der Waals surface area contributed by atoms with E-state index in [1.54, 1.807) is 6.07 Å². The minimum absolute atomic E-state index is 0.0772. The minimum Gasteiger partial charge on any atom is -0.494 e. The number of methoxy groups -OCH3 is 1. The van der Waals surface area contributed by atoms with Crippen molar-refractivity contribution in [2.45, 2.75) is 0 Å². The molecule has 0 aliphatic rings. The number of anilines is 3. The highest BCUT2D eigenvalue weighted by atomic mass is 19.1. The van der Waals surface area contributed by atoms with Gasteiger partial charge in [0.25, 0.3) is 5.69 Å². The van der Waals surface area contributed by atoms with E-state index < -0.39 is 10.7 Å². The fraction of sp³-hybridized carbons (Fsp3) is 0.0769. The lowest BCUT2D eigenvalue weighted by molar-refractivity contribution is -0.384. The number of nitrogens with one attached hydrogen (secondary N) is 1. The van der Waals surface area contributed by atoms with Gasteiger partial charge in [0.2, 0.25) is 0 Å². The van der Waals surface area contributed by atoms with Crippen molar-refractivity contribution >= 4 is 22.7 Å². The molecule has 3 N–H and O–H groups in total. The quantitative estimate of drug-likeness (QED) is 0.509. The highest BCUT2D eigenvalue weighted by molar-refractivity contribution is 5.68. The molecule has 0 spiro atoms. The van der Waals surface area contributed by atoms with Crippen molar-refractivity contribution < 1.29 is 14.1 Å². The van der Waals surface area contributed by atoms with Gasteiger partial charge in [-0.15, -0.1) is 0 Å². The van der Waals surface area contributed by atoms with Gasteiger partial charge in [-0.2, -0.15) is 0 Å². The normalized spacial score (nSPS) is 10.1. The second kappa shape index (κ2) is 5.43. The number of hydrogen-bond acceptors (Lipinski definition) is 5. The molecule has 2 aromatic rings. The third kappa shape index (κ3) is 2.94. The summed E-state index contributed by atoms with van der Waals surface area (Å²) in [7, 11) is 1.35. The Labute approximate surface area is 114 Å². The number of nitrogen functional groups attached to an aromatic ring is 1. The van der Waals surface area contributed by atoms with Gasteiger partial charge in [0.1, 0.15) is 0 Å². The number of halogens is 1. The average molecular weight is 277 g/mol. The standard InChI is InChI=1S/C13H12FN3O3/c1-20-13-7-9(2-3-12(13)14)16-10-4-8(15)5-11(6-10)17(18)19/h2-7,16H,15H2,1H3. The maximum atomic E-state index is 13.3. The molecule has 0 saturated heterocycles. The zero-order valence-electron chi connectivity index (χ0n) is 10.6. The number of ether oxygens (including phenoxy) is 1. The summed E-state index contributed by atoms with van der Waals surface area (Å²) in [6.07, 6.45) is 0. The Morgan fingerprint density at radius 3 is 2.65 bits per heavy atom. The van der Waals surface area contributed by atoms with E-state index in [4.69, 9.17) is 10.5 Å². The van der Waals surface area contributed by atoms with Crippen molar-refractivity contribution in [2.75, 3.05) is 18.2 Å². The molecule has 20 heavy (non-hydrogen) atoms. The van der Waals surface area contributed by atoms with Gasteiger partial charge in [-0.3, -0.25) is 10.1 Å². The first kappa shape index (κ1) is 13.6. The highest BCUT2D eigenvalue weighted by Gasteiger charge is 2.09. The van der Waals surface area contributed by atoms with Crippen LogP contribution in [0.25, 0.3) is 0 Å². The summed E-state index contributed by atoms with van der Waals surface area (Å²) < 4.78 is 18.1. The van der Waals surface area contributed by atoms with E-state index in [1.807, 2.05) is 0 Å². The predicted octanol–water partition coefficient (Wildman–Crippen LogP) is 3.07. The summed E-state index contributed by atoms with van der Waals surface area (Å²) in [5, 5.41) is 13.7. The van der Waals surface area contributed by atoms with Crippen LogP contribution in [0.1, 0.15) is 0 Å². The SMILES string of the molecule is COc1cc(Nc2cc(N)cc([N+](=O)[O-])c2)ccc1F. The largest absolute Gasteiger partial charge is 0.494 e. The molecular weight excluding hydrogens is 265 g/mol. The molecule has 0 radical (unpaired) electrons. The second-order valence-electron chi connectivity index (χ2n) is 4.04. The number of non-ortho nitro benzene ring substituents is 1. The summed E-state index contributed by atoms with van der Waals surface area (Å²) in [6.45, 7) is 0. The molecule has 2 aromatic carbocycles. The monoisotopic (exact) mass is 277 g/mol. The maximum Gasteiger partial charge on any atom is 0.273 e. The van der Waals surface area contributed by atoms with Crippen molar-refractivity contribution in [1.29, 1.82) is 0 Å². The summed E-state index contributed by atoms with van der Waals surface area (Å²) in [5.41, 5.74) is 6.70. The van der Waals surface area contributed by atoms with Crippen molar-refractivity contribution in [3.8, 4) is 5.75 Å². The molecule has 0 aliphatic heterocycles. The first-order valence-electron chi connectivity index (χ1n) is 5.65. The van der Waals surface area contributed by atoms with Gasteiger partial charge in [0, 0.05) is 35.3 Å². The van der Waals surface area contributed by atoms with Crippen LogP contribution in [0.3, 0.4) is 0 Å². The predicted molar refractivity (Wildman–Crippen MR) is 73.7 cm³/mol. The number of benzene rings is 2. The molecule has 2 rings (SSSR count). The minimum atomic E-state index is -0.535. The summed E-state index contributed by atoms with van der Waals surface area (Å²) in [5.74, 6) is -0.412. The Bertz CT molecular complexity index is 661. The highest BCUT2D eigenvalue weighted by Crippen LogP contribution is 2.28. The molecule has 0 atom stereocenters. The first-order valence-corrected chi connectivity index (χ1v) is 5.65. The lowest BCUT2D eigenvalue weighted by Gasteiger charge is -2.09. The topological polar surface area (TPSA) is 90.4 Å². The number of hydrogen-bond donors (Lipinski definition) is 2. The first-order chi connectivity index (χ1) is 9.49. The van der Waals surface area contributed by atoms with Gasteiger partial charge >= 0.3 is 0 Å². The van der Waals surface area contributed by atoms with E-state index in [9.17, 15) is 14.5 Å². The van der Waals surface area contributed by atoms with Crippen molar-refractivity contribution in [2.24, 2.45) is 0 Å². The van der Waals surface area contributed by atoms with Gasteiger partial charge < -0.3 is 15.8 Å². The van der Waals surface area contributed by atoms with Crippen LogP contribution in [0, 0.1) is 15.9 Å². The zero-order valence-corrected chi connectivity index (χ0v) is 10.6. The number of nitro groups is 1. The van der Waals surface area contributed by atoms with Gasteiger partial charge in [-0.25, -0.2) is 4.39 Å². The lowest BCUT2D eigenvalue weighted by atomic mass is 10.2. The van der Waals surface area contributed by atoms with Gasteiger partial charge in [-0.05, 0) is 18.2 Å². The summed E-state index contributed by atoms with van der Waals surface area (Å²) in [4.78, 5) is 10.2. The van der Waals surface area contributed by atoms with Crippen molar-refractivity contribution in [1.82, 2.24) is 0 Å². The fourth-order valence-electron chi connectivity index (χ4n) is 1.72.